The lowest BCUT2D eigenvalue weighted by molar-refractivity contribution is 1.06. The minimum atomic E-state index is 0.672. The summed E-state index contributed by atoms with van der Waals surface area (Å²) in [6.07, 6.45) is 2.55. The molecule has 1 fully saturated rings. The molecular weight excluding hydrogens is 268 g/mol. The van der Waals surface area contributed by atoms with Crippen LogP contribution in [-0.2, 0) is 0 Å². The topological polar surface area (TPSA) is 24.4 Å². The standard InChI is InChI=1S/C17H15ClN2/c18-14-3-1-2-12(8-14)13-6-7-16-15(9-13)17(11-4-5-11)20-10-19-16/h1-3,6-9,11,19H,4-5,10H2. The number of fused-ring (bicyclic) bond motifs is 1. The number of halogens is 1. The molecule has 0 atom stereocenters. The van der Waals surface area contributed by atoms with E-state index in [-0.39, 0.29) is 0 Å². The SMILES string of the molecule is Clc1cccc(-c2ccc3c(c2)C(C2CC2)=NCN3)c1. The Morgan fingerprint density at radius 3 is 2.70 bits per heavy atom. The van der Waals surface area contributed by atoms with Gasteiger partial charge in [0.05, 0.1) is 0 Å². The van der Waals surface area contributed by atoms with Gasteiger partial charge in [-0.15, -0.1) is 0 Å². The number of aliphatic imine (C=N–C) groups is 1. The second kappa shape index (κ2) is 4.64. The molecule has 0 saturated heterocycles. The monoisotopic (exact) mass is 282 g/mol. The molecule has 0 aromatic heterocycles. The van der Waals surface area contributed by atoms with Crippen LogP contribution in [0.25, 0.3) is 11.1 Å². The number of rotatable bonds is 2. The van der Waals surface area contributed by atoms with Crippen molar-refractivity contribution in [2.45, 2.75) is 12.8 Å². The summed E-state index contributed by atoms with van der Waals surface area (Å²) in [6, 6.07) is 14.5. The fourth-order valence-corrected chi connectivity index (χ4v) is 2.95. The summed E-state index contributed by atoms with van der Waals surface area (Å²) < 4.78 is 0. The van der Waals surface area contributed by atoms with Crippen LogP contribution in [-0.4, -0.2) is 12.4 Å². The Kier molecular flexibility index (Phi) is 2.78. The highest BCUT2D eigenvalue weighted by molar-refractivity contribution is 6.30. The molecule has 0 amide bonds. The molecular formula is C17H15ClN2. The lowest BCUT2D eigenvalue weighted by atomic mass is 9.96. The van der Waals surface area contributed by atoms with E-state index in [0.29, 0.717) is 12.6 Å². The molecule has 2 nitrogen and oxygen atoms in total. The van der Waals surface area contributed by atoms with Crippen molar-refractivity contribution in [1.29, 1.82) is 0 Å². The summed E-state index contributed by atoms with van der Waals surface area (Å²) in [6.45, 7) is 0.704. The largest absolute Gasteiger partial charge is 0.366 e. The molecule has 2 aliphatic rings. The van der Waals surface area contributed by atoms with Gasteiger partial charge in [-0.05, 0) is 48.2 Å². The van der Waals surface area contributed by atoms with Crippen molar-refractivity contribution in [1.82, 2.24) is 0 Å². The van der Waals surface area contributed by atoms with Crippen molar-refractivity contribution in [3.05, 3.63) is 53.1 Å². The first-order valence-electron chi connectivity index (χ1n) is 7.00. The Morgan fingerprint density at radius 1 is 1.05 bits per heavy atom. The van der Waals surface area contributed by atoms with E-state index in [2.05, 4.69) is 34.6 Å². The van der Waals surface area contributed by atoms with Crippen molar-refractivity contribution in [3.63, 3.8) is 0 Å². The quantitative estimate of drug-likeness (QED) is 0.856. The minimum absolute atomic E-state index is 0.672. The van der Waals surface area contributed by atoms with Crippen LogP contribution in [0.2, 0.25) is 5.02 Å². The molecule has 0 radical (unpaired) electrons. The molecule has 100 valence electrons. The van der Waals surface area contributed by atoms with Gasteiger partial charge < -0.3 is 5.32 Å². The van der Waals surface area contributed by atoms with E-state index in [1.165, 1.54) is 35.4 Å². The average molecular weight is 283 g/mol. The van der Waals surface area contributed by atoms with Gasteiger partial charge >= 0.3 is 0 Å². The summed E-state index contributed by atoms with van der Waals surface area (Å²) in [5, 5.41) is 4.12. The third-order valence-electron chi connectivity index (χ3n) is 3.94. The van der Waals surface area contributed by atoms with Crippen molar-refractivity contribution in [2.75, 3.05) is 12.0 Å². The summed E-state index contributed by atoms with van der Waals surface area (Å²) in [7, 11) is 0. The first-order chi connectivity index (χ1) is 9.81. The Balaban J connectivity index is 1.80. The van der Waals surface area contributed by atoms with E-state index in [1.807, 2.05) is 18.2 Å². The van der Waals surface area contributed by atoms with E-state index in [1.54, 1.807) is 0 Å². The van der Waals surface area contributed by atoms with E-state index in [0.717, 1.165) is 10.6 Å². The van der Waals surface area contributed by atoms with Crippen LogP contribution in [0.1, 0.15) is 18.4 Å². The van der Waals surface area contributed by atoms with Gasteiger partial charge in [0.2, 0.25) is 0 Å². The van der Waals surface area contributed by atoms with Gasteiger partial charge in [-0.2, -0.15) is 0 Å². The molecule has 1 saturated carbocycles. The lowest BCUT2D eigenvalue weighted by Gasteiger charge is -2.19. The molecule has 1 heterocycles. The first-order valence-corrected chi connectivity index (χ1v) is 7.37. The number of nitrogens with zero attached hydrogens (tertiary/aromatic N) is 1. The highest BCUT2D eigenvalue weighted by Crippen LogP contribution is 2.38. The highest BCUT2D eigenvalue weighted by Gasteiger charge is 2.31. The van der Waals surface area contributed by atoms with Crippen LogP contribution < -0.4 is 5.32 Å². The lowest BCUT2D eigenvalue weighted by Crippen LogP contribution is -2.17. The molecule has 20 heavy (non-hydrogen) atoms. The van der Waals surface area contributed by atoms with Crippen LogP contribution >= 0.6 is 11.6 Å². The predicted octanol–water partition coefficient (Wildman–Crippen LogP) is 4.59. The highest BCUT2D eigenvalue weighted by atomic mass is 35.5. The van der Waals surface area contributed by atoms with E-state index >= 15 is 0 Å². The predicted molar refractivity (Wildman–Crippen MR) is 84.6 cm³/mol. The molecule has 1 aliphatic carbocycles. The van der Waals surface area contributed by atoms with E-state index in [4.69, 9.17) is 11.6 Å². The zero-order valence-electron chi connectivity index (χ0n) is 11.1. The molecule has 3 heteroatoms. The Morgan fingerprint density at radius 2 is 1.90 bits per heavy atom. The molecule has 0 unspecified atom stereocenters. The van der Waals surface area contributed by atoms with Gasteiger partial charge in [0.1, 0.15) is 6.67 Å². The number of nitrogens with one attached hydrogen (secondary N) is 1. The van der Waals surface area contributed by atoms with E-state index in [9.17, 15) is 0 Å². The Labute approximate surface area is 123 Å². The van der Waals surface area contributed by atoms with Gasteiger partial charge in [-0.3, -0.25) is 4.99 Å². The van der Waals surface area contributed by atoms with Crippen LogP contribution in [0, 0.1) is 5.92 Å². The molecule has 1 N–H and O–H groups in total. The fourth-order valence-electron chi connectivity index (χ4n) is 2.76. The molecule has 2 aromatic rings. The van der Waals surface area contributed by atoms with Gasteiger partial charge in [0, 0.05) is 27.9 Å². The molecule has 0 bridgehead atoms. The smallest absolute Gasteiger partial charge is 0.108 e. The third-order valence-corrected chi connectivity index (χ3v) is 4.17. The molecule has 2 aromatic carbocycles. The maximum absolute atomic E-state index is 6.09. The van der Waals surface area contributed by atoms with Crippen molar-refractivity contribution in [2.24, 2.45) is 10.9 Å². The maximum atomic E-state index is 6.09. The number of anilines is 1. The normalized spacial score (nSPS) is 17.1. The van der Waals surface area contributed by atoms with Crippen LogP contribution in [0.3, 0.4) is 0 Å². The zero-order valence-corrected chi connectivity index (χ0v) is 11.8. The van der Waals surface area contributed by atoms with Crippen LogP contribution in [0.4, 0.5) is 5.69 Å². The second-order valence-corrected chi connectivity index (χ2v) is 5.86. The Hall–Kier alpha value is -1.80. The first kappa shape index (κ1) is 12.0. The molecule has 0 spiro atoms. The minimum Gasteiger partial charge on any atom is -0.366 e. The van der Waals surface area contributed by atoms with Crippen molar-refractivity contribution >= 4 is 23.0 Å². The molecule has 1 aliphatic heterocycles. The Bertz CT molecular complexity index is 702. The van der Waals surface area contributed by atoms with Gasteiger partial charge in [-0.25, -0.2) is 0 Å². The summed E-state index contributed by atoms with van der Waals surface area (Å²) in [5.41, 5.74) is 6.09. The maximum Gasteiger partial charge on any atom is 0.108 e. The third kappa shape index (κ3) is 2.10. The van der Waals surface area contributed by atoms with E-state index < -0.39 is 0 Å². The summed E-state index contributed by atoms with van der Waals surface area (Å²) in [5.74, 6) is 0.672. The van der Waals surface area contributed by atoms with Gasteiger partial charge in [-0.1, -0.05) is 29.8 Å². The zero-order chi connectivity index (χ0) is 13.5. The second-order valence-electron chi connectivity index (χ2n) is 5.42. The average Bonchev–Trinajstić information content (AvgIpc) is 3.31. The van der Waals surface area contributed by atoms with Crippen molar-refractivity contribution < 1.29 is 0 Å². The van der Waals surface area contributed by atoms with Crippen LogP contribution in [0.5, 0.6) is 0 Å². The van der Waals surface area contributed by atoms with Crippen molar-refractivity contribution in [3.8, 4) is 11.1 Å². The van der Waals surface area contributed by atoms with Gasteiger partial charge in [0.25, 0.3) is 0 Å². The number of hydrogen-bond acceptors (Lipinski definition) is 2. The number of benzene rings is 2. The fraction of sp³-hybridized carbons (Fsp3) is 0.235. The summed E-state index contributed by atoms with van der Waals surface area (Å²) >= 11 is 6.09. The molecule has 4 rings (SSSR count). The summed E-state index contributed by atoms with van der Waals surface area (Å²) in [4.78, 5) is 4.66. The number of hydrogen-bond donors (Lipinski definition) is 1. The van der Waals surface area contributed by atoms with Crippen LogP contribution in [0.15, 0.2) is 47.5 Å². The van der Waals surface area contributed by atoms with Gasteiger partial charge in [0.15, 0.2) is 0 Å².